The summed E-state index contributed by atoms with van der Waals surface area (Å²) in [6.07, 6.45) is 2.91. The Kier molecular flexibility index (Phi) is 8.57. The molecule has 1 spiro atoms. The van der Waals surface area contributed by atoms with Crippen molar-refractivity contribution in [1.82, 2.24) is 10.2 Å². The number of esters is 1. The molecule has 3 N–H and O–H groups in total. The summed E-state index contributed by atoms with van der Waals surface area (Å²) >= 11 is 12.6. The summed E-state index contributed by atoms with van der Waals surface area (Å²) in [7, 11) is 1.18. The minimum atomic E-state index is -1.47. The molecule has 236 valence electrons. The van der Waals surface area contributed by atoms with Gasteiger partial charge in [0.2, 0.25) is 5.91 Å². The average molecular weight is 658 g/mol. The molecule has 1 saturated heterocycles. The first-order valence-corrected chi connectivity index (χ1v) is 15.4. The molecule has 1 aliphatic carbocycles. The van der Waals surface area contributed by atoms with Crippen molar-refractivity contribution in [2.45, 2.75) is 49.3 Å². The summed E-state index contributed by atoms with van der Waals surface area (Å²) in [5.74, 6) is -2.25. The van der Waals surface area contributed by atoms with E-state index in [-0.39, 0.29) is 40.6 Å². The number of hydrogen-bond acceptors (Lipinski definition) is 8. The van der Waals surface area contributed by atoms with Gasteiger partial charge in [-0.1, -0.05) is 60.3 Å². The van der Waals surface area contributed by atoms with Crippen LogP contribution in [0.3, 0.4) is 0 Å². The van der Waals surface area contributed by atoms with Gasteiger partial charge in [0.05, 0.1) is 35.3 Å². The number of halogens is 3. The monoisotopic (exact) mass is 656 g/mol. The fraction of sp³-hybridized carbons (Fsp3) is 0.375. The normalized spacial score (nSPS) is 24.1. The number of nitrogens with one attached hydrogen (secondary N) is 2. The molecule has 1 unspecified atom stereocenters. The summed E-state index contributed by atoms with van der Waals surface area (Å²) in [6, 6.07) is 12.2. The van der Waals surface area contributed by atoms with Gasteiger partial charge in [-0.05, 0) is 42.2 Å². The summed E-state index contributed by atoms with van der Waals surface area (Å²) < 4.78 is 20.8. The number of fused-ring (bicyclic) bond motifs is 2. The van der Waals surface area contributed by atoms with Crippen LogP contribution in [0.25, 0.3) is 0 Å². The van der Waals surface area contributed by atoms with Crippen molar-refractivity contribution in [3.8, 4) is 0 Å². The highest BCUT2D eigenvalue weighted by Gasteiger charge is 2.67. The van der Waals surface area contributed by atoms with Crippen LogP contribution in [0.2, 0.25) is 10.0 Å². The van der Waals surface area contributed by atoms with E-state index >= 15 is 4.39 Å². The number of nitro benzene ring substituents is 1. The van der Waals surface area contributed by atoms with Crippen molar-refractivity contribution in [3.05, 3.63) is 103 Å². The minimum Gasteiger partial charge on any atom is -0.465 e. The molecule has 2 aliphatic heterocycles. The van der Waals surface area contributed by atoms with E-state index in [4.69, 9.17) is 27.9 Å². The van der Waals surface area contributed by atoms with Crippen molar-refractivity contribution in [2.24, 2.45) is 5.92 Å². The second-order valence-electron chi connectivity index (χ2n) is 11.7. The summed E-state index contributed by atoms with van der Waals surface area (Å²) in [5, 5.41) is 29.6. The molecule has 1 amide bonds. The van der Waals surface area contributed by atoms with Crippen LogP contribution >= 0.6 is 23.2 Å². The Morgan fingerprint density at radius 2 is 2.00 bits per heavy atom. The summed E-state index contributed by atoms with van der Waals surface area (Å²) in [6.45, 7) is -0.0299. The molecule has 3 aromatic carbocycles. The van der Waals surface area contributed by atoms with Gasteiger partial charge in [-0.15, -0.1) is 0 Å². The van der Waals surface area contributed by atoms with Gasteiger partial charge in [0.1, 0.15) is 11.4 Å². The maximum Gasteiger partial charge on any atom is 0.338 e. The van der Waals surface area contributed by atoms with E-state index in [1.54, 1.807) is 30.3 Å². The third kappa shape index (κ3) is 5.36. The Hall–Kier alpha value is -3.61. The third-order valence-corrected chi connectivity index (χ3v) is 9.80. The number of methoxy groups -OCH3 is 1. The average Bonchev–Trinajstić information content (AvgIpc) is 3.76. The number of carbonyl (C=O) groups excluding carboxylic acids is 2. The Morgan fingerprint density at radius 3 is 2.69 bits per heavy atom. The number of hydrogen-bond donors (Lipinski definition) is 3. The summed E-state index contributed by atoms with van der Waals surface area (Å²) in [4.78, 5) is 39.8. The summed E-state index contributed by atoms with van der Waals surface area (Å²) in [5.41, 5.74) is -0.260. The molecule has 4 atom stereocenters. The number of aliphatic hydroxyl groups excluding tert-OH is 1. The maximum atomic E-state index is 16.1. The molecule has 2 fully saturated rings. The van der Waals surface area contributed by atoms with E-state index < -0.39 is 46.2 Å². The van der Waals surface area contributed by atoms with E-state index in [9.17, 15) is 24.8 Å². The lowest BCUT2D eigenvalue weighted by molar-refractivity contribution is -0.385. The smallest absolute Gasteiger partial charge is 0.338 e. The van der Waals surface area contributed by atoms with Gasteiger partial charge >= 0.3 is 5.97 Å². The number of nitrogens with zero attached hydrogens (tertiary/aromatic N) is 2. The van der Waals surface area contributed by atoms with E-state index in [1.165, 1.54) is 25.3 Å². The molecule has 0 aromatic heterocycles. The number of anilines is 1. The van der Waals surface area contributed by atoms with Gasteiger partial charge in [0, 0.05) is 53.0 Å². The fourth-order valence-corrected chi connectivity index (χ4v) is 7.43. The molecule has 10 nitrogen and oxygen atoms in total. The molecule has 6 rings (SSSR count). The standard InChI is InChI=1S/C32H31Cl2FN4O6/c1-45-30(41)18-7-8-19(25(13-18)39(43)44)15-36-29-26(16-40)38(12-11-17-5-6-17)32(27(29)21-3-2-4-23(34)28(21)35)22-10-9-20(33)14-24(22)37-31(32)42/h2-4,7-10,13-14,17,26-27,29,36,40H,5-6,11-12,15-16H2,1H3,(H,37,42)/t26-,27?,29+,32+/m1/s1. The molecule has 0 radical (unpaired) electrons. The molecule has 2 heterocycles. The van der Waals surface area contributed by atoms with Crippen LogP contribution in [0, 0.1) is 21.8 Å². The highest BCUT2D eigenvalue weighted by Crippen LogP contribution is 2.58. The molecule has 13 heteroatoms. The lowest BCUT2D eigenvalue weighted by atomic mass is 9.73. The van der Waals surface area contributed by atoms with Crippen LogP contribution in [-0.2, 0) is 21.6 Å². The van der Waals surface area contributed by atoms with E-state index in [0.29, 0.717) is 28.7 Å². The molecule has 3 aromatic rings. The molecule has 3 aliphatic rings. The fourth-order valence-electron chi connectivity index (χ4n) is 7.07. The number of benzene rings is 3. The Labute approximate surface area is 268 Å². The van der Waals surface area contributed by atoms with E-state index in [2.05, 4.69) is 10.6 Å². The van der Waals surface area contributed by atoms with Crippen molar-refractivity contribution < 1.29 is 28.7 Å². The number of amides is 1. The first-order chi connectivity index (χ1) is 21.6. The maximum absolute atomic E-state index is 16.1. The topological polar surface area (TPSA) is 134 Å². The zero-order chi connectivity index (χ0) is 32.0. The Bertz CT molecular complexity index is 1690. The van der Waals surface area contributed by atoms with E-state index in [1.807, 2.05) is 4.90 Å². The first kappa shape index (κ1) is 31.4. The first-order valence-electron chi connectivity index (χ1n) is 14.6. The molecular formula is C32H31Cl2FN4O6. The van der Waals surface area contributed by atoms with Gasteiger partial charge in [0.25, 0.3) is 5.69 Å². The van der Waals surface area contributed by atoms with Crippen molar-refractivity contribution in [2.75, 3.05) is 25.6 Å². The van der Waals surface area contributed by atoms with Gasteiger partial charge in [-0.3, -0.25) is 19.8 Å². The minimum absolute atomic E-state index is 0.0176. The lowest BCUT2D eigenvalue weighted by Crippen LogP contribution is -2.53. The zero-order valence-corrected chi connectivity index (χ0v) is 25.8. The largest absolute Gasteiger partial charge is 0.465 e. The van der Waals surface area contributed by atoms with Crippen LogP contribution < -0.4 is 10.6 Å². The van der Waals surface area contributed by atoms with Crippen molar-refractivity contribution in [3.63, 3.8) is 0 Å². The molecular weight excluding hydrogens is 626 g/mol. The van der Waals surface area contributed by atoms with Crippen LogP contribution in [0.4, 0.5) is 15.8 Å². The SMILES string of the molecule is COC(=O)c1ccc(CN[C@@H]2C(c3cccc(Cl)c3F)[C@@]3(C(=O)Nc4cc(Cl)ccc43)N(CCC3CC3)[C@@H]2CO)c([N+](=O)[O-])c1. The highest BCUT2D eigenvalue weighted by molar-refractivity contribution is 6.31. The number of ether oxygens (including phenoxy) is 1. The van der Waals surface area contributed by atoms with Gasteiger partial charge in [0.15, 0.2) is 0 Å². The number of nitro groups is 1. The van der Waals surface area contributed by atoms with Gasteiger partial charge in [-0.25, -0.2) is 9.18 Å². The number of rotatable bonds is 10. The second kappa shape index (κ2) is 12.3. The number of aliphatic hydroxyl groups is 1. The van der Waals surface area contributed by atoms with Crippen molar-refractivity contribution in [1.29, 1.82) is 0 Å². The van der Waals surface area contributed by atoms with Crippen LogP contribution in [-0.4, -0.2) is 59.2 Å². The van der Waals surface area contributed by atoms with E-state index in [0.717, 1.165) is 25.3 Å². The van der Waals surface area contributed by atoms with Gasteiger partial charge in [-0.2, -0.15) is 0 Å². The van der Waals surface area contributed by atoms with Crippen molar-refractivity contribution >= 4 is 46.5 Å². The second-order valence-corrected chi connectivity index (χ2v) is 12.5. The number of carbonyl (C=O) groups is 2. The predicted octanol–water partition coefficient (Wildman–Crippen LogP) is 5.39. The van der Waals surface area contributed by atoms with Crippen LogP contribution in [0.1, 0.15) is 52.2 Å². The highest BCUT2D eigenvalue weighted by atomic mass is 35.5. The molecule has 1 saturated carbocycles. The quantitative estimate of drug-likeness (QED) is 0.150. The third-order valence-electron chi connectivity index (χ3n) is 9.27. The molecule has 0 bridgehead atoms. The zero-order valence-electron chi connectivity index (χ0n) is 24.3. The predicted molar refractivity (Wildman–Crippen MR) is 166 cm³/mol. The van der Waals surface area contributed by atoms with Crippen LogP contribution in [0.5, 0.6) is 0 Å². The lowest BCUT2D eigenvalue weighted by Gasteiger charge is -2.39. The molecule has 45 heavy (non-hydrogen) atoms. The van der Waals surface area contributed by atoms with Crippen LogP contribution in [0.15, 0.2) is 54.6 Å². The van der Waals surface area contributed by atoms with Gasteiger partial charge < -0.3 is 20.5 Å². The Morgan fingerprint density at radius 1 is 1.22 bits per heavy atom. The Balaban J connectivity index is 1.51. The number of likely N-dealkylation sites (tertiary alicyclic amines) is 1.